The maximum atomic E-state index is 11.7. The Hall–Kier alpha value is -1.65. The van der Waals surface area contributed by atoms with E-state index in [0.717, 1.165) is 0 Å². The van der Waals surface area contributed by atoms with E-state index in [9.17, 15) is 9.82 Å². The first-order chi connectivity index (χ1) is 11.6. The van der Waals surface area contributed by atoms with E-state index in [2.05, 4.69) is 4.98 Å². The molecule has 1 N–H and O–H groups in total. The van der Waals surface area contributed by atoms with Crippen molar-refractivity contribution in [3.8, 4) is 5.75 Å². The van der Waals surface area contributed by atoms with Crippen LogP contribution in [-0.2, 0) is 9.39 Å². The van der Waals surface area contributed by atoms with Crippen LogP contribution >= 0.6 is 22.6 Å². The number of ether oxygens (including phenoxy) is 2. The molecule has 0 atom stereocenters. The number of carbonyl (C=O) groups excluding carboxylic acids is 1. The first-order valence-corrected chi connectivity index (χ1v) is 8.49. The summed E-state index contributed by atoms with van der Waals surface area (Å²) in [5.41, 5.74) is 1.01. The van der Waals surface area contributed by atoms with E-state index in [1.165, 1.54) is 6.20 Å². The molecule has 6 nitrogen and oxygen atoms in total. The molecule has 1 heterocycles. The third-order valence-electron chi connectivity index (χ3n) is 3.02. The van der Waals surface area contributed by atoms with Gasteiger partial charge in [0.25, 0.3) is 0 Å². The quantitative estimate of drug-likeness (QED) is 0.221. The van der Waals surface area contributed by atoms with Gasteiger partial charge in [0.1, 0.15) is 10.3 Å². The van der Waals surface area contributed by atoms with Crippen molar-refractivity contribution in [3.63, 3.8) is 0 Å². The summed E-state index contributed by atoms with van der Waals surface area (Å²) in [6.07, 6.45) is 1.45. The second-order valence-corrected chi connectivity index (χ2v) is 5.74. The Morgan fingerprint density at radius 1 is 1.29 bits per heavy atom. The zero-order valence-electron chi connectivity index (χ0n) is 13.1. The van der Waals surface area contributed by atoms with E-state index >= 15 is 0 Å². The van der Waals surface area contributed by atoms with Gasteiger partial charge in [0, 0.05) is 6.20 Å². The van der Waals surface area contributed by atoms with Crippen molar-refractivity contribution in [1.29, 1.82) is 0 Å². The van der Waals surface area contributed by atoms with Crippen LogP contribution in [0.1, 0.15) is 17.3 Å². The molecule has 0 unspecified atom stereocenters. The molecule has 1 aromatic carbocycles. The molecule has 1 aromatic heterocycles. The first kappa shape index (κ1) is 18.7. The molecule has 0 aliphatic rings. The van der Waals surface area contributed by atoms with Crippen LogP contribution in [0.3, 0.4) is 0 Å². The fourth-order valence-corrected chi connectivity index (χ4v) is 2.33. The van der Waals surface area contributed by atoms with Crippen molar-refractivity contribution in [3.05, 3.63) is 51.9 Å². The van der Waals surface area contributed by atoms with E-state index in [-0.39, 0.29) is 13.2 Å². The highest BCUT2D eigenvalue weighted by Crippen LogP contribution is 2.20. The van der Waals surface area contributed by atoms with Crippen LogP contribution in [0.5, 0.6) is 5.75 Å². The van der Waals surface area contributed by atoms with Gasteiger partial charge in [-0.25, -0.2) is 9.78 Å². The van der Waals surface area contributed by atoms with Gasteiger partial charge in [0.05, 0.1) is 18.8 Å². The summed E-state index contributed by atoms with van der Waals surface area (Å²) in [5.74, 6) is 0.0287. The summed E-state index contributed by atoms with van der Waals surface area (Å²) in [6.45, 7) is 2.45. The Labute approximate surface area is 154 Å². The number of nitrogens with zero attached hydrogens (tertiary/aromatic N) is 1. The molecule has 0 fully saturated rings. The highest BCUT2D eigenvalue weighted by molar-refractivity contribution is 14.1. The van der Waals surface area contributed by atoms with E-state index in [4.69, 9.17) is 14.1 Å². The summed E-state index contributed by atoms with van der Waals surface area (Å²) in [7, 11) is -1.00. The lowest BCUT2D eigenvalue weighted by atomic mass is 9.80. The molecular formula is C16H17BINO5. The highest BCUT2D eigenvalue weighted by atomic mass is 127. The molecule has 0 saturated heterocycles. The van der Waals surface area contributed by atoms with Crippen molar-refractivity contribution in [2.75, 3.05) is 19.8 Å². The first-order valence-electron chi connectivity index (χ1n) is 7.42. The Morgan fingerprint density at radius 2 is 2.04 bits per heavy atom. The van der Waals surface area contributed by atoms with Gasteiger partial charge in [-0.2, -0.15) is 0 Å². The molecule has 126 valence electrons. The predicted molar refractivity (Wildman–Crippen MR) is 98.4 cm³/mol. The molecule has 0 aliphatic carbocycles. The maximum absolute atomic E-state index is 11.7. The molecule has 2 rings (SSSR count). The van der Waals surface area contributed by atoms with Crippen LogP contribution in [0.15, 0.2) is 42.6 Å². The lowest BCUT2D eigenvalue weighted by molar-refractivity contribution is 0.0525. The summed E-state index contributed by atoms with van der Waals surface area (Å²) in [6, 6.07) is 10.7. The Bertz CT molecular complexity index is 671. The van der Waals surface area contributed by atoms with Crippen molar-refractivity contribution in [2.24, 2.45) is 0 Å². The van der Waals surface area contributed by atoms with Gasteiger partial charge in [-0.05, 0) is 41.0 Å². The number of aromatic nitrogens is 1. The van der Waals surface area contributed by atoms with Crippen molar-refractivity contribution >= 4 is 41.1 Å². The van der Waals surface area contributed by atoms with E-state index in [1.807, 2.05) is 40.8 Å². The Morgan fingerprint density at radius 3 is 2.75 bits per heavy atom. The second-order valence-electron chi connectivity index (χ2n) is 4.72. The van der Waals surface area contributed by atoms with Crippen LogP contribution in [0, 0.1) is 3.70 Å². The lowest BCUT2D eigenvalue weighted by Crippen LogP contribution is -2.34. The molecule has 0 saturated carbocycles. The predicted octanol–water partition coefficient (Wildman–Crippen LogP) is 1.65. The molecule has 2 aromatic rings. The summed E-state index contributed by atoms with van der Waals surface area (Å²) in [5, 5.41) is 9.90. The number of rotatable bonds is 8. The summed E-state index contributed by atoms with van der Waals surface area (Å²) < 4.78 is 16.5. The van der Waals surface area contributed by atoms with E-state index in [0.29, 0.717) is 27.1 Å². The minimum atomic E-state index is -1.00. The average molecular weight is 441 g/mol. The topological polar surface area (TPSA) is 77.9 Å². The highest BCUT2D eigenvalue weighted by Gasteiger charge is 2.16. The molecule has 0 amide bonds. The van der Waals surface area contributed by atoms with Crippen LogP contribution in [0.2, 0.25) is 0 Å². The number of pyridine rings is 1. The number of hydrogen-bond donors (Lipinski definition) is 1. The van der Waals surface area contributed by atoms with Crippen LogP contribution in [0.25, 0.3) is 0 Å². The van der Waals surface area contributed by atoms with Crippen molar-refractivity contribution in [2.45, 2.75) is 6.92 Å². The fraction of sp³-hybridized carbons (Fsp3) is 0.250. The largest absolute Gasteiger partial charge is 0.491 e. The van der Waals surface area contributed by atoms with Gasteiger partial charge in [-0.3, -0.25) is 0 Å². The maximum Gasteiger partial charge on any atom is 0.491 e. The zero-order valence-corrected chi connectivity index (χ0v) is 15.3. The molecule has 24 heavy (non-hydrogen) atoms. The molecule has 8 heteroatoms. The monoisotopic (exact) mass is 441 g/mol. The van der Waals surface area contributed by atoms with Crippen LogP contribution in [-0.4, -0.2) is 42.9 Å². The minimum Gasteiger partial charge on any atom is -0.488 e. The standard InChI is InChI=1S/C16H17BINO5/c1-2-22-16(20)12-10-14(15(18)19-11-12)23-8-9-24-17(21)13-6-4-3-5-7-13/h3-7,10-11,21H,2,8-9H2,1H3. The molecule has 0 radical (unpaired) electrons. The van der Waals surface area contributed by atoms with E-state index in [1.54, 1.807) is 25.1 Å². The molecular weight excluding hydrogens is 424 g/mol. The fourth-order valence-electron chi connectivity index (χ4n) is 1.88. The third kappa shape index (κ3) is 5.46. The normalized spacial score (nSPS) is 10.3. The van der Waals surface area contributed by atoms with Gasteiger partial charge in [0.15, 0.2) is 5.75 Å². The minimum absolute atomic E-state index is 0.190. The van der Waals surface area contributed by atoms with Crippen molar-refractivity contribution in [1.82, 2.24) is 4.98 Å². The Kier molecular flexibility index (Phi) is 7.48. The number of carbonyl (C=O) groups is 1. The molecule has 0 spiro atoms. The number of esters is 1. The number of hydrogen-bond acceptors (Lipinski definition) is 6. The van der Waals surface area contributed by atoms with Gasteiger partial charge in [-0.1, -0.05) is 30.3 Å². The van der Waals surface area contributed by atoms with Gasteiger partial charge >= 0.3 is 13.1 Å². The third-order valence-corrected chi connectivity index (χ3v) is 3.83. The van der Waals surface area contributed by atoms with Crippen molar-refractivity contribution < 1.29 is 23.9 Å². The van der Waals surface area contributed by atoms with Gasteiger partial charge in [-0.15, -0.1) is 0 Å². The summed E-state index contributed by atoms with van der Waals surface area (Å²) in [4.78, 5) is 15.8. The second kappa shape index (κ2) is 9.60. The lowest BCUT2D eigenvalue weighted by Gasteiger charge is -2.11. The number of halogens is 1. The van der Waals surface area contributed by atoms with Gasteiger partial charge in [0.2, 0.25) is 0 Å². The molecule has 0 aliphatic heterocycles. The average Bonchev–Trinajstić information content (AvgIpc) is 2.60. The van der Waals surface area contributed by atoms with E-state index < -0.39 is 13.1 Å². The zero-order chi connectivity index (χ0) is 17.4. The Balaban J connectivity index is 1.85. The van der Waals surface area contributed by atoms with Crippen LogP contribution in [0.4, 0.5) is 0 Å². The molecule has 0 bridgehead atoms. The summed E-state index contributed by atoms with van der Waals surface area (Å²) >= 11 is 2.02. The number of benzene rings is 1. The van der Waals surface area contributed by atoms with Gasteiger partial charge < -0.3 is 19.2 Å². The SMILES string of the molecule is CCOC(=O)c1cnc(I)c(OCCOB(O)c2ccccc2)c1. The smallest absolute Gasteiger partial charge is 0.488 e. The van der Waals surface area contributed by atoms with Crippen LogP contribution < -0.4 is 10.2 Å².